The van der Waals surface area contributed by atoms with Gasteiger partial charge in [0.2, 0.25) is 0 Å². The predicted octanol–water partition coefficient (Wildman–Crippen LogP) is 3.79. The predicted molar refractivity (Wildman–Crippen MR) is 64.2 cm³/mol. The van der Waals surface area contributed by atoms with E-state index in [-0.39, 0.29) is 5.78 Å². The van der Waals surface area contributed by atoms with E-state index in [9.17, 15) is 4.79 Å². The molecule has 0 N–H and O–H groups in total. The van der Waals surface area contributed by atoms with Gasteiger partial charge in [-0.2, -0.15) is 0 Å². The summed E-state index contributed by atoms with van der Waals surface area (Å²) < 4.78 is 0. The van der Waals surface area contributed by atoms with Crippen LogP contribution < -0.4 is 0 Å². The van der Waals surface area contributed by atoms with Crippen molar-refractivity contribution in [1.82, 2.24) is 0 Å². The van der Waals surface area contributed by atoms with Gasteiger partial charge in [0.15, 0.2) is 5.78 Å². The molecule has 0 heterocycles. The molecule has 80 valence electrons. The van der Waals surface area contributed by atoms with E-state index >= 15 is 0 Å². The summed E-state index contributed by atoms with van der Waals surface area (Å²) >= 11 is 0. The van der Waals surface area contributed by atoms with E-state index < -0.39 is 0 Å². The Labute approximate surface area is 91.8 Å². The van der Waals surface area contributed by atoms with Gasteiger partial charge in [-0.3, -0.25) is 4.79 Å². The van der Waals surface area contributed by atoms with Crippen LogP contribution in [-0.4, -0.2) is 5.78 Å². The summed E-state index contributed by atoms with van der Waals surface area (Å²) in [6, 6.07) is 7.85. The first-order valence-corrected chi connectivity index (χ1v) is 5.33. The van der Waals surface area contributed by atoms with Gasteiger partial charge in [-0.1, -0.05) is 35.9 Å². The summed E-state index contributed by atoms with van der Waals surface area (Å²) in [5.41, 5.74) is 3.34. The molecule has 0 saturated carbocycles. The van der Waals surface area contributed by atoms with Gasteiger partial charge in [-0.25, -0.2) is 0 Å². The monoisotopic (exact) mass is 202 g/mol. The topological polar surface area (TPSA) is 17.1 Å². The lowest BCUT2D eigenvalue weighted by Crippen LogP contribution is -1.98. The van der Waals surface area contributed by atoms with Crippen LogP contribution in [0.2, 0.25) is 0 Å². The second kappa shape index (κ2) is 5.50. The van der Waals surface area contributed by atoms with Crippen molar-refractivity contribution in [3.8, 4) is 0 Å². The Balaban J connectivity index is 2.76. The van der Waals surface area contributed by atoms with E-state index in [0.717, 1.165) is 24.0 Å². The van der Waals surface area contributed by atoms with Gasteiger partial charge in [0, 0.05) is 5.56 Å². The fourth-order valence-electron chi connectivity index (χ4n) is 1.60. The lowest BCUT2D eigenvalue weighted by molar-refractivity contribution is 0.101. The van der Waals surface area contributed by atoms with Crippen LogP contribution in [0.4, 0.5) is 0 Å². The molecule has 0 spiro atoms. The van der Waals surface area contributed by atoms with Gasteiger partial charge >= 0.3 is 0 Å². The third kappa shape index (κ3) is 3.70. The Bertz CT molecular complexity index is 371. The van der Waals surface area contributed by atoms with Gasteiger partial charge in [0.05, 0.1) is 0 Å². The molecule has 15 heavy (non-hydrogen) atoms. The molecule has 1 aromatic rings. The molecule has 0 unspecified atom stereocenters. The highest BCUT2D eigenvalue weighted by atomic mass is 16.1. The Morgan fingerprint density at radius 2 is 1.87 bits per heavy atom. The van der Waals surface area contributed by atoms with Gasteiger partial charge < -0.3 is 0 Å². The number of ketones is 1. The van der Waals surface area contributed by atoms with Crippen molar-refractivity contribution in [1.29, 1.82) is 0 Å². The second-order valence-electron chi connectivity index (χ2n) is 4.03. The first-order chi connectivity index (χ1) is 7.11. The van der Waals surface area contributed by atoms with E-state index in [2.05, 4.69) is 19.9 Å². The van der Waals surface area contributed by atoms with Crippen LogP contribution in [0.5, 0.6) is 0 Å². The van der Waals surface area contributed by atoms with Crippen molar-refractivity contribution in [2.24, 2.45) is 0 Å². The molecule has 0 bridgehead atoms. The number of hydrogen-bond donors (Lipinski definition) is 0. The minimum Gasteiger partial charge on any atom is -0.295 e. The summed E-state index contributed by atoms with van der Waals surface area (Å²) in [5, 5.41) is 0. The molecule has 1 rings (SSSR count). The lowest BCUT2D eigenvalue weighted by atomic mass is 10.00. The van der Waals surface area contributed by atoms with Crippen molar-refractivity contribution in [3.05, 3.63) is 47.0 Å². The third-order valence-electron chi connectivity index (χ3n) is 2.36. The molecule has 1 heteroatoms. The van der Waals surface area contributed by atoms with Crippen LogP contribution in [0, 0.1) is 0 Å². The molecule has 0 atom stereocenters. The highest BCUT2D eigenvalue weighted by Crippen LogP contribution is 2.12. The normalized spacial score (nSPS) is 9.80. The summed E-state index contributed by atoms with van der Waals surface area (Å²) in [4.78, 5) is 11.3. The van der Waals surface area contributed by atoms with E-state index in [0.29, 0.717) is 0 Å². The number of aryl methyl sites for hydroxylation is 1. The van der Waals surface area contributed by atoms with E-state index in [1.165, 1.54) is 5.57 Å². The minimum atomic E-state index is 0.155. The van der Waals surface area contributed by atoms with Gasteiger partial charge in [-0.05, 0) is 39.2 Å². The number of rotatable bonds is 4. The summed E-state index contributed by atoms with van der Waals surface area (Å²) in [5.74, 6) is 0.155. The summed E-state index contributed by atoms with van der Waals surface area (Å²) in [7, 11) is 0. The van der Waals surface area contributed by atoms with Crippen LogP contribution in [0.1, 0.15) is 43.1 Å². The van der Waals surface area contributed by atoms with Gasteiger partial charge in [-0.15, -0.1) is 0 Å². The van der Waals surface area contributed by atoms with Crippen LogP contribution in [0.15, 0.2) is 35.9 Å². The van der Waals surface area contributed by atoms with Crippen LogP contribution in [0.25, 0.3) is 0 Å². The largest absolute Gasteiger partial charge is 0.295 e. The average molecular weight is 202 g/mol. The highest BCUT2D eigenvalue weighted by molar-refractivity contribution is 5.95. The number of allylic oxidation sites excluding steroid dienone is 2. The van der Waals surface area contributed by atoms with Crippen molar-refractivity contribution in [2.45, 2.75) is 33.6 Å². The molecular formula is C14H18O. The van der Waals surface area contributed by atoms with Crippen molar-refractivity contribution >= 4 is 5.78 Å². The zero-order chi connectivity index (χ0) is 11.3. The number of hydrogen-bond acceptors (Lipinski definition) is 1. The SMILES string of the molecule is CC(=O)c1ccccc1CCC=C(C)C. The molecule has 0 aliphatic heterocycles. The second-order valence-corrected chi connectivity index (χ2v) is 4.03. The van der Waals surface area contributed by atoms with E-state index in [1.54, 1.807) is 6.92 Å². The zero-order valence-electron chi connectivity index (χ0n) is 9.71. The molecule has 1 nitrogen and oxygen atoms in total. The number of carbonyl (C=O) groups is 1. The smallest absolute Gasteiger partial charge is 0.160 e. The Kier molecular flexibility index (Phi) is 4.29. The molecule has 0 aromatic heterocycles. The first kappa shape index (κ1) is 11.7. The summed E-state index contributed by atoms with van der Waals surface area (Å²) in [6.45, 7) is 5.81. The zero-order valence-corrected chi connectivity index (χ0v) is 9.71. The average Bonchev–Trinajstić information content (AvgIpc) is 2.17. The minimum absolute atomic E-state index is 0.155. The van der Waals surface area contributed by atoms with E-state index in [4.69, 9.17) is 0 Å². The molecule has 0 fully saturated rings. The number of Topliss-reactive ketones (excluding diaryl/α,β-unsaturated/α-hetero) is 1. The summed E-state index contributed by atoms with van der Waals surface area (Å²) in [6.07, 6.45) is 4.16. The number of benzene rings is 1. The lowest BCUT2D eigenvalue weighted by Gasteiger charge is -2.04. The Hall–Kier alpha value is -1.37. The maximum absolute atomic E-state index is 11.3. The standard InChI is InChI=1S/C14H18O/c1-11(2)7-6-9-13-8-4-5-10-14(13)12(3)15/h4-5,7-8,10H,6,9H2,1-3H3. The van der Waals surface area contributed by atoms with Crippen LogP contribution in [0.3, 0.4) is 0 Å². The quantitative estimate of drug-likeness (QED) is 0.536. The van der Waals surface area contributed by atoms with Gasteiger partial charge in [0.1, 0.15) is 0 Å². The fourth-order valence-corrected chi connectivity index (χ4v) is 1.60. The van der Waals surface area contributed by atoms with Crippen molar-refractivity contribution in [2.75, 3.05) is 0 Å². The molecule has 0 saturated heterocycles. The van der Waals surface area contributed by atoms with E-state index in [1.807, 2.05) is 24.3 Å². The molecule has 0 radical (unpaired) electrons. The fraction of sp³-hybridized carbons (Fsp3) is 0.357. The molecule has 1 aromatic carbocycles. The third-order valence-corrected chi connectivity index (χ3v) is 2.36. The molecule has 0 aliphatic carbocycles. The highest BCUT2D eigenvalue weighted by Gasteiger charge is 2.04. The molecule has 0 aliphatic rings. The maximum atomic E-state index is 11.3. The van der Waals surface area contributed by atoms with Crippen LogP contribution >= 0.6 is 0 Å². The van der Waals surface area contributed by atoms with Gasteiger partial charge in [0.25, 0.3) is 0 Å². The first-order valence-electron chi connectivity index (χ1n) is 5.33. The molecular weight excluding hydrogens is 184 g/mol. The van der Waals surface area contributed by atoms with Crippen LogP contribution in [-0.2, 0) is 6.42 Å². The van der Waals surface area contributed by atoms with Crippen molar-refractivity contribution in [3.63, 3.8) is 0 Å². The maximum Gasteiger partial charge on any atom is 0.160 e. The molecule has 0 amide bonds. The van der Waals surface area contributed by atoms with Crippen molar-refractivity contribution < 1.29 is 4.79 Å². The Morgan fingerprint density at radius 3 is 2.47 bits per heavy atom. The number of carbonyl (C=O) groups excluding carboxylic acids is 1. The Morgan fingerprint density at radius 1 is 1.20 bits per heavy atom.